The summed E-state index contributed by atoms with van der Waals surface area (Å²) in [6.45, 7) is 4.11. The van der Waals surface area contributed by atoms with Crippen LogP contribution in [0.25, 0.3) is 0 Å². The van der Waals surface area contributed by atoms with Crippen molar-refractivity contribution >= 4 is 5.97 Å². The number of rotatable bonds is 5. The Morgan fingerprint density at radius 3 is 1.86 bits per heavy atom. The summed E-state index contributed by atoms with van der Waals surface area (Å²) in [5.41, 5.74) is 3.23. The van der Waals surface area contributed by atoms with Gasteiger partial charge >= 0.3 is 5.97 Å². The lowest BCUT2D eigenvalue weighted by molar-refractivity contribution is -0.138. The third-order valence-corrected chi connectivity index (χ3v) is 3.20. The molecule has 2 aromatic carbocycles. The third kappa shape index (κ3) is 4.60. The van der Waals surface area contributed by atoms with E-state index in [-0.39, 0.29) is 11.9 Å². The molecule has 0 fully saturated rings. The van der Waals surface area contributed by atoms with Gasteiger partial charge in [-0.15, -0.1) is 0 Å². The van der Waals surface area contributed by atoms with Gasteiger partial charge in [-0.1, -0.05) is 66.2 Å². The smallest absolute Gasteiger partial charge is 0.330 e. The van der Waals surface area contributed by atoms with Crippen LogP contribution in [-0.2, 0) is 9.53 Å². The highest BCUT2D eigenvalue weighted by Crippen LogP contribution is 2.24. The number of hydrogen-bond donors (Lipinski definition) is 0. The summed E-state index contributed by atoms with van der Waals surface area (Å²) in [7, 11) is 0. The first-order valence-corrected chi connectivity index (χ1v) is 7.08. The third-order valence-electron chi connectivity index (χ3n) is 3.20. The van der Waals surface area contributed by atoms with Gasteiger partial charge in [-0.3, -0.25) is 0 Å². The number of carbonyl (C=O) groups is 1. The number of carbonyl (C=O) groups excluding carboxylic acids is 1. The quantitative estimate of drug-likeness (QED) is 0.602. The molecule has 0 spiro atoms. The maximum Gasteiger partial charge on any atom is 0.330 e. The molecule has 0 atom stereocenters. The molecule has 0 N–H and O–H groups in total. The molecule has 0 amide bonds. The van der Waals surface area contributed by atoms with E-state index in [1.165, 1.54) is 6.08 Å². The van der Waals surface area contributed by atoms with E-state index < -0.39 is 0 Å². The fourth-order valence-corrected chi connectivity index (χ4v) is 2.20. The number of benzene rings is 2. The average molecular weight is 280 g/mol. The van der Waals surface area contributed by atoms with E-state index in [1.54, 1.807) is 0 Å². The maximum absolute atomic E-state index is 11.7. The molecule has 2 nitrogen and oxygen atoms in total. The Hall–Kier alpha value is -2.35. The minimum absolute atomic E-state index is 0.0573. The van der Waals surface area contributed by atoms with Crippen LogP contribution in [0, 0.1) is 0 Å². The molecule has 108 valence electrons. The van der Waals surface area contributed by atoms with Gasteiger partial charge < -0.3 is 4.74 Å². The standard InChI is InChI=1S/C19H20O2/c1-15(2)13-19(20)21-14-18(16-9-5-3-6-10-16)17-11-7-4-8-12-17/h3-13,18H,14H2,1-2H3. The van der Waals surface area contributed by atoms with Crippen LogP contribution in [0.3, 0.4) is 0 Å². The summed E-state index contributed by atoms with van der Waals surface area (Å²) in [5, 5.41) is 0. The average Bonchev–Trinajstić information content (AvgIpc) is 2.49. The van der Waals surface area contributed by atoms with Crippen molar-refractivity contribution in [2.75, 3.05) is 6.61 Å². The second-order valence-electron chi connectivity index (χ2n) is 5.23. The minimum atomic E-state index is -0.285. The Labute approximate surface area is 126 Å². The predicted octanol–water partition coefficient (Wildman–Crippen LogP) is 4.33. The van der Waals surface area contributed by atoms with Gasteiger partial charge in [0.1, 0.15) is 6.61 Å². The molecule has 0 saturated heterocycles. The molecule has 0 unspecified atom stereocenters. The van der Waals surface area contributed by atoms with Crippen LogP contribution in [0.5, 0.6) is 0 Å². The van der Waals surface area contributed by atoms with E-state index in [0.29, 0.717) is 6.61 Å². The Balaban J connectivity index is 2.18. The molecule has 21 heavy (non-hydrogen) atoms. The van der Waals surface area contributed by atoms with Gasteiger partial charge in [0.05, 0.1) is 0 Å². The molecule has 2 heteroatoms. The molecule has 0 radical (unpaired) electrons. The molecule has 0 aliphatic carbocycles. The summed E-state index contributed by atoms with van der Waals surface area (Å²) in [5.74, 6) is -0.228. The molecule has 0 aliphatic heterocycles. The molecular formula is C19H20O2. The molecule has 2 rings (SSSR count). The zero-order chi connectivity index (χ0) is 15.1. The molecule has 0 aromatic heterocycles. The van der Waals surface area contributed by atoms with Crippen LogP contribution >= 0.6 is 0 Å². The van der Waals surface area contributed by atoms with Crippen LogP contribution in [0.4, 0.5) is 0 Å². The number of ether oxygens (including phenoxy) is 1. The van der Waals surface area contributed by atoms with Gasteiger partial charge in [-0.2, -0.15) is 0 Å². The molecule has 0 saturated carbocycles. The van der Waals surface area contributed by atoms with Gasteiger partial charge in [-0.25, -0.2) is 4.79 Å². The second kappa shape index (κ2) is 7.44. The van der Waals surface area contributed by atoms with Gasteiger partial charge in [0.2, 0.25) is 0 Å². The highest BCUT2D eigenvalue weighted by atomic mass is 16.5. The van der Waals surface area contributed by atoms with E-state index in [4.69, 9.17) is 4.74 Å². The van der Waals surface area contributed by atoms with Gasteiger partial charge in [0.25, 0.3) is 0 Å². The lowest BCUT2D eigenvalue weighted by Gasteiger charge is -2.17. The fraction of sp³-hybridized carbons (Fsp3) is 0.211. The van der Waals surface area contributed by atoms with Gasteiger partial charge in [0.15, 0.2) is 0 Å². The minimum Gasteiger partial charge on any atom is -0.462 e. The number of allylic oxidation sites excluding steroid dienone is 1. The summed E-state index contributed by atoms with van der Waals surface area (Å²) in [4.78, 5) is 11.7. The molecule has 0 heterocycles. The van der Waals surface area contributed by atoms with E-state index >= 15 is 0 Å². The van der Waals surface area contributed by atoms with E-state index in [2.05, 4.69) is 24.3 Å². The monoisotopic (exact) mass is 280 g/mol. The van der Waals surface area contributed by atoms with Crippen LogP contribution < -0.4 is 0 Å². The van der Waals surface area contributed by atoms with E-state index in [0.717, 1.165) is 16.7 Å². The zero-order valence-electron chi connectivity index (χ0n) is 12.5. The molecular weight excluding hydrogens is 260 g/mol. The summed E-state index contributed by atoms with van der Waals surface area (Å²) in [6.07, 6.45) is 1.52. The first-order chi connectivity index (χ1) is 10.2. The van der Waals surface area contributed by atoms with Crippen LogP contribution in [-0.4, -0.2) is 12.6 Å². The summed E-state index contributed by atoms with van der Waals surface area (Å²) < 4.78 is 5.41. The van der Waals surface area contributed by atoms with Crippen LogP contribution in [0.1, 0.15) is 30.9 Å². The lowest BCUT2D eigenvalue weighted by Crippen LogP contribution is -2.13. The Bertz CT molecular complexity index is 556. The first-order valence-electron chi connectivity index (χ1n) is 7.08. The van der Waals surface area contributed by atoms with Crippen molar-refractivity contribution in [3.63, 3.8) is 0 Å². The Morgan fingerprint density at radius 1 is 0.952 bits per heavy atom. The fourth-order valence-electron chi connectivity index (χ4n) is 2.20. The van der Waals surface area contributed by atoms with Crippen molar-refractivity contribution in [3.8, 4) is 0 Å². The predicted molar refractivity (Wildman–Crippen MR) is 85.1 cm³/mol. The molecule has 2 aromatic rings. The summed E-state index contributed by atoms with van der Waals surface area (Å²) >= 11 is 0. The number of hydrogen-bond acceptors (Lipinski definition) is 2. The molecule has 0 aliphatic rings. The van der Waals surface area contributed by atoms with Gasteiger partial charge in [0, 0.05) is 12.0 Å². The Kier molecular flexibility index (Phi) is 5.33. The highest BCUT2D eigenvalue weighted by Gasteiger charge is 2.15. The van der Waals surface area contributed by atoms with Crippen LogP contribution in [0.15, 0.2) is 72.3 Å². The number of esters is 1. The van der Waals surface area contributed by atoms with Crippen molar-refractivity contribution in [1.82, 2.24) is 0 Å². The largest absolute Gasteiger partial charge is 0.462 e. The SMILES string of the molecule is CC(C)=CC(=O)OCC(c1ccccc1)c1ccccc1. The Morgan fingerprint density at radius 2 is 1.43 bits per heavy atom. The lowest BCUT2D eigenvalue weighted by atomic mass is 9.92. The van der Waals surface area contributed by atoms with E-state index in [1.807, 2.05) is 50.2 Å². The van der Waals surface area contributed by atoms with Crippen LogP contribution in [0.2, 0.25) is 0 Å². The summed E-state index contributed by atoms with van der Waals surface area (Å²) in [6, 6.07) is 20.2. The van der Waals surface area contributed by atoms with Crippen molar-refractivity contribution in [1.29, 1.82) is 0 Å². The van der Waals surface area contributed by atoms with E-state index in [9.17, 15) is 4.79 Å². The topological polar surface area (TPSA) is 26.3 Å². The zero-order valence-corrected chi connectivity index (χ0v) is 12.5. The van der Waals surface area contributed by atoms with Crippen molar-refractivity contribution < 1.29 is 9.53 Å². The van der Waals surface area contributed by atoms with Crippen molar-refractivity contribution in [2.24, 2.45) is 0 Å². The normalized spacial score (nSPS) is 10.2. The van der Waals surface area contributed by atoms with Gasteiger partial charge in [-0.05, 0) is 25.0 Å². The highest BCUT2D eigenvalue weighted by molar-refractivity contribution is 5.82. The second-order valence-corrected chi connectivity index (χ2v) is 5.23. The van der Waals surface area contributed by atoms with Crippen molar-refractivity contribution in [3.05, 3.63) is 83.4 Å². The van der Waals surface area contributed by atoms with Crippen molar-refractivity contribution in [2.45, 2.75) is 19.8 Å². The molecule has 0 bridgehead atoms. The maximum atomic E-state index is 11.7. The first kappa shape index (κ1) is 15.0.